The molecule has 2 aromatic rings. The molecule has 0 aliphatic rings. The summed E-state index contributed by atoms with van der Waals surface area (Å²) in [5, 5.41) is 3.12. The Hall–Kier alpha value is -2.30. The smallest absolute Gasteiger partial charge is 0.223 e. The minimum Gasteiger partial charge on any atom is -0.496 e. The summed E-state index contributed by atoms with van der Waals surface area (Å²) in [5.41, 5.74) is 2.62. The van der Waals surface area contributed by atoms with Gasteiger partial charge in [0.25, 0.3) is 0 Å². The lowest BCUT2D eigenvalue weighted by molar-refractivity contribution is 0.397. The average Bonchev–Trinajstić information content (AvgIpc) is 2.48. The Morgan fingerprint density at radius 3 is 2.35 bits per heavy atom. The molecule has 0 aliphatic carbocycles. The first-order valence-electron chi connectivity index (χ1n) is 6.50. The predicted octanol–water partition coefficient (Wildman–Crippen LogP) is 2.90. The zero-order valence-electron chi connectivity index (χ0n) is 12.2. The van der Waals surface area contributed by atoms with E-state index in [1.165, 1.54) is 0 Å². The van der Waals surface area contributed by atoms with E-state index in [2.05, 4.69) is 15.3 Å². The van der Waals surface area contributed by atoms with Crippen LogP contribution in [0.25, 0.3) is 11.3 Å². The maximum Gasteiger partial charge on any atom is 0.223 e. The number of hydrogen-bond donors (Lipinski definition) is 1. The van der Waals surface area contributed by atoms with Crippen LogP contribution in [0, 0.1) is 6.92 Å². The van der Waals surface area contributed by atoms with Gasteiger partial charge in [-0.1, -0.05) is 6.07 Å². The van der Waals surface area contributed by atoms with Crippen molar-refractivity contribution in [3.05, 3.63) is 30.0 Å². The molecule has 2 rings (SSSR count). The van der Waals surface area contributed by atoms with Crippen molar-refractivity contribution in [2.24, 2.45) is 0 Å². The molecule has 106 valence electrons. The van der Waals surface area contributed by atoms with Gasteiger partial charge in [0, 0.05) is 12.7 Å². The molecule has 5 nitrogen and oxygen atoms in total. The number of benzene rings is 1. The Bertz CT molecular complexity index is 577. The fourth-order valence-electron chi connectivity index (χ4n) is 2.02. The second kappa shape index (κ2) is 6.23. The van der Waals surface area contributed by atoms with E-state index in [4.69, 9.17) is 9.47 Å². The summed E-state index contributed by atoms with van der Waals surface area (Å²) >= 11 is 0. The van der Waals surface area contributed by atoms with Gasteiger partial charge in [0.15, 0.2) is 0 Å². The van der Waals surface area contributed by atoms with Gasteiger partial charge in [0.1, 0.15) is 11.5 Å². The quantitative estimate of drug-likeness (QED) is 0.907. The van der Waals surface area contributed by atoms with Crippen molar-refractivity contribution >= 4 is 5.95 Å². The molecule has 0 saturated heterocycles. The highest BCUT2D eigenvalue weighted by atomic mass is 16.5. The van der Waals surface area contributed by atoms with E-state index in [-0.39, 0.29) is 0 Å². The molecule has 0 bridgehead atoms. The number of aromatic nitrogens is 2. The number of hydrogen-bond acceptors (Lipinski definition) is 5. The monoisotopic (exact) mass is 273 g/mol. The molecule has 0 radical (unpaired) electrons. The molecule has 1 aromatic carbocycles. The van der Waals surface area contributed by atoms with Crippen LogP contribution in [0.2, 0.25) is 0 Å². The van der Waals surface area contributed by atoms with E-state index in [9.17, 15) is 0 Å². The van der Waals surface area contributed by atoms with Crippen molar-refractivity contribution in [2.75, 3.05) is 26.1 Å². The van der Waals surface area contributed by atoms with E-state index in [1.54, 1.807) is 20.4 Å². The van der Waals surface area contributed by atoms with Crippen LogP contribution in [0.15, 0.2) is 24.4 Å². The summed E-state index contributed by atoms with van der Waals surface area (Å²) in [6, 6.07) is 5.68. The molecule has 1 heterocycles. The van der Waals surface area contributed by atoms with E-state index in [1.807, 2.05) is 32.0 Å². The largest absolute Gasteiger partial charge is 0.496 e. The summed E-state index contributed by atoms with van der Waals surface area (Å²) in [6.07, 6.45) is 1.80. The molecule has 0 saturated carbocycles. The molecule has 0 atom stereocenters. The van der Waals surface area contributed by atoms with Crippen LogP contribution >= 0.6 is 0 Å². The number of anilines is 1. The van der Waals surface area contributed by atoms with Crippen LogP contribution in [0.5, 0.6) is 11.5 Å². The molecule has 1 aromatic heterocycles. The molecule has 20 heavy (non-hydrogen) atoms. The summed E-state index contributed by atoms with van der Waals surface area (Å²) < 4.78 is 10.9. The van der Waals surface area contributed by atoms with Crippen LogP contribution < -0.4 is 14.8 Å². The standard InChI is InChI=1S/C15H19N3O2/c1-5-16-15-17-9-10(2)14(18-15)13-11(19-3)7-6-8-12(13)20-4/h6-9H,5H2,1-4H3,(H,16,17,18). The second-order valence-electron chi connectivity index (χ2n) is 4.29. The number of ether oxygens (including phenoxy) is 2. The normalized spacial score (nSPS) is 10.2. The summed E-state index contributed by atoms with van der Waals surface area (Å²) in [5.74, 6) is 2.06. The van der Waals surface area contributed by atoms with Crippen molar-refractivity contribution in [1.29, 1.82) is 0 Å². The average molecular weight is 273 g/mol. The summed E-state index contributed by atoms with van der Waals surface area (Å²) in [4.78, 5) is 8.83. The molecule has 5 heteroatoms. The molecule has 0 aliphatic heterocycles. The van der Waals surface area contributed by atoms with Gasteiger partial charge in [-0.2, -0.15) is 0 Å². The summed E-state index contributed by atoms with van der Waals surface area (Å²) in [6.45, 7) is 4.75. The van der Waals surface area contributed by atoms with Crippen molar-refractivity contribution in [1.82, 2.24) is 9.97 Å². The third-order valence-corrected chi connectivity index (χ3v) is 2.97. The fourth-order valence-corrected chi connectivity index (χ4v) is 2.02. The maximum absolute atomic E-state index is 5.44. The number of nitrogens with one attached hydrogen (secondary N) is 1. The van der Waals surface area contributed by atoms with Crippen LogP contribution in [0.3, 0.4) is 0 Å². The zero-order chi connectivity index (χ0) is 14.5. The zero-order valence-corrected chi connectivity index (χ0v) is 12.2. The lowest BCUT2D eigenvalue weighted by atomic mass is 10.1. The number of nitrogens with zero attached hydrogens (tertiary/aromatic N) is 2. The van der Waals surface area contributed by atoms with Gasteiger partial charge in [-0.3, -0.25) is 0 Å². The number of aryl methyl sites for hydroxylation is 1. The molecule has 0 unspecified atom stereocenters. The lowest BCUT2D eigenvalue weighted by Gasteiger charge is -2.14. The number of rotatable bonds is 5. The Balaban J connectivity index is 2.63. The third kappa shape index (κ3) is 2.66. The first-order valence-corrected chi connectivity index (χ1v) is 6.50. The van der Waals surface area contributed by atoms with Gasteiger partial charge in [0.05, 0.1) is 25.5 Å². The highest BCUT2D eigenvalue weighted by molar-refractivity contribution is 5.76. The summed E-state index contributed by atoms with van der Waals surface area (Å²) in [7, 11) is 3.28. The van der Waals surface area contributed by atoms with Gasteiger partial charge < -0.3 is 14.8 Å². The van der Waals surface area contributed by atoms with Crippen LogP contribution in [-0.2, 0) is 0 Å². The van der Waals surface area contributed by atoms with E-state index < -0.39 is 0 Å². The van der Waals surface area contributed by atoms with E-state index in [0.717, 1.165) is 34.9 Å². The van der Waals surface area contributed by atoms with Crippen molar-refractivity contribution in [2.45, 2.75) is 13.8 Å². The van der Waals surface area contributed by atoms with Gasteiger partial charge in [-0.25, -0.2) is 9.97 Å². The molecule has 0 spiro atoms. The van der Waals surface area contributed by atoms with Gasteiger partial charge in [-0.15, -0.1) is 0 Å². The first-order chi connectivity index (χ1) is 9.71. The minimum absolute atomic E-state index is 0.598. The van der Waals surface area contributed by atoms with Gasteiger partial charge in [0.2, 0.25) is 5.95 Å². The topological polar surface area (TPSA) is 56.3 Å². The first kappa shape index (κ1) is 14.1. The van der Waals surface area contributed by atoms with Gasteiger partial charge >= 0.3 is 0 Å². The van der Waals surface area contributed by atoms with E-state index >= 15 is 0 Å². The Kier molecular flexibility index (Phi) is 4.40. The van der Waals surface area contributed by atoms with Crippen LogP contribution in [-0.4, -0.2) is 30.7 Å². The van der Waals surface area contributed by atoms with Crippen LogP contribution in [0.1, 0.15) is 12.5 Å². The molecule has 0 fully saturated rings. The lowest BCUT2D eigenvalue weighted by Crippen LogP contribution is -2.04. The minimum atomic E-state index is 0.598. The third-order valence-electron chi connectivity index (χ3n) is 2.97. The van der Waals surface area contributed by atoms with Crippen molar-refractivity contribution < 1.29 is 9.47 Å². The second-order valence-corrected chi connectivity index (χ2v) is 4.29. The van der Waals surface area contributed by atoms with Crippen molar-refractivity contribution in [3.8, 4) is 22.8 Å². The Morgan fingerprint density at radius 1 is 1.15 bits per heavy atom. The number of methoxy groups -OCH3 is 2. The van der Waals surface area contributed by atoms with E-state index in [0.29, 0.717) is 5.95 Å². The molecule has 0 amide bonds. The molecular formula is C15H19N3O2. The Morgan fingerprint density at radius 2 is 1.80 bits per heavy atom. The van der Waals surface area contributed by atoms with Crippen LogP contribution in [0.4, 0.5) is 5.95 Å². The fraction of sp³-hybridized carbons (Fsp3) is 0.333. The SMILES string of the molecule is CCNc1ncc(C)c(-c2c(OC)cccc2OC)n1. The van der Waals surface area contributed by atoms with Crippen molar-refractivity contribution in [3.63, 3.8) is 0 Å². The van der Waals surface area contributed by atoms with Gasteiger partial charge in [-0.05, 0) is 31.5 Å². The predicted molar refractivity (Wildman–Crippen MR) is 79.5 cm³/mol. The maximum atomic E-state index is 5.44. The molecule has 1 N–H and O–H groups in total. The molecular weight excluding hydrogens is 254 g/mol. The Labute approximate surface area is 119 Å². The highest BCUT2D eigenvalue weighted by Gasteiger charge is 2.16. The highest BCUT2D eigenvalue weighted by Crippen LogP contribution is 2.38.